The molecule has 1 fully saturated rings. The zero-order valence-electron chi connectivity index (χ0n) is 10.8. The highest BCUT2D eigenvalue weighted by atomic mass is 32.2. The lowest BCUT2D eigenvalue weighted by atomic mass is 10.00. The van der Waals surface area contributed by atoms with Crippen molar-refractivity contribution < 1.29 is 10.2 Å². The minimum absolute atomic E-state index is 0.0300. The smallest absolute Gasteiger partial charge is 0.162 e. The van der Waals surface area contributed by atoms with Gasteiger partial charge in [-0.3, -0.25) is 5.32 Å². The van der Waals surface area contributed by atoms with Gasteiger partial charge >= 0.3 is 0 Å². The lowest BCUT2D eigenvalue weighted by molar-refractivity contribution is 0.0364. The van der Waals surface area contributed by atoms with Crippen LogP contribution in [0.5, 0.6) is 0 Å². The quantitative estimate of drug-likeness (QED) is 0.598. The highest BCUT2D eigenvalue weighted by Crippen LogP contribution is 2.30. The van der Waals surface area contributed by atoms with Crippen LogP contribution >= 0.6 is 11.8 Å². The van der Waals surface area contributed by atoms with Crippen LogP contribution in [0.25, 0.3) is 0 Å². The third-order valence-electron chi connectivity index (χ3n) is 3.64. The van der Waals surface area contributed by atoms with Crippen LogP contribution < -0.4 is 10.6 Å². The van der Waals surface area contributed by atoms with Gasteiger partial charge in [-0.25, -0.2) is 4.99 Å². The summed E-state index contributed by atoms with van der Waals surface area (Å²) in [5, 5.41) is 26.8. The number of nitrogens with zero attached hydrogens (tertiary/aromatic N) is 1. The Kier molecular flexibility index (Phi) is 4.32. The molecule has 4 N–H and O–H groups in total. The molecule has 18 heavy (non-hydrogen) atoms. The summed E-state index contributed by atoms with van der Waals surface area (Å²) in [5.41, 5.74) is 0.121. The molecular weight excluding hydrogens is 250 g/mol. The highest BCUT2D eigenvalue weighted by molar-refractivity contribution is 8.13. The molecule has 0 aromatic carbocycles. The Balaban J connectivity index is 2.08. The fourth-order valence-electron chi connectivity index (χ4n) is 2.46. The van der Waals surface area contributed by atoms with Crippen molar-refractivity contribution in [3.8, 4) is 0 Å². The topological polar surface area (TPSA) is 76.9 Å². The van der Waals surface area contributed by atoms with E-state index in [9.17, 15) is 10.2 Å². The van der Waals surface area contributed by atoms with Gasteiger partial charge < -0.3 is 15.5 Å². The molecule has 1 aliphatic carbocycles. The molecular formula is C12H21N3O2S. The van der Waals surface area contributed by atoms with Crippen LogP contribution in [0.15, 0.2) is 16.8 Å². The van der Waals surface area contributed by atoms with E-state index in [4.69, 9.17) is 0 Å². The van der Waals surface area contributed by atoms with Crippen molar-refractivity contribution in [3.05, 3.63) is 11.8 Å². The van der Waals surface area contributed by atoms with Crippen molar-refractivity contribution >= 4 is 16.9 Å². The summed E-state index contributed by atoms with van der Waals surface area (Å²) in [4.78, 5) is 4.50. The second-order valence-electron chi connectivity index (χ2n) is 5.03. The van der Waals surface area contributed by atoms with Gasteiger partial charge in [-0.2, -0.15) is 0 Å². The Labute approximate surface area is 112 Å². The average Bonchev–Trinajstić information content (AvgIpc) is 2.68. The summed E-state index contributed by atoms with van der Waals surface area (Å²) in [6.07, 6.45) is 6.28. The zero-order valence-corrected chi connectivity index (χ0v) is 11.6. The van der Waals surface area contributed by atoms with Crippen molar-refractivity contribution in [2.75, 3.05) is 12.9 Å². The normalized spacial score (nSPS) is 36.0. The van der Waals surface area contributed by atoms with Gasteiger partial charge in [-0.15, -0.1) is 0 Å². The van der Waals surface area contributed by atoms with Crippen molar-refractivity contribution in [3.63, 3.8) is 0 Å². The average molecular weight is 271 g/mol. The first kappa shape index (κ1) is 13.9. The number of hydrogen-bond donors (Lipinski definition) is 4. The fraction of sp³-hybridized carbons (Fsp3) is 0.750. The summed E-state index contributed by atoms with van der Waals surface area (Å²) >= 11 is 1.53. The molecule has 5 nitrogen and oxygen atoms in total. The van der Waals surface area contributed by atoms with Gasteiger partial charge in [0.05, 0.1) is 12.2 Å². The van der Waals surface area contributed by atoms with E-state index in [1.807, 2.05) is 13.2 Å². The second-order valence-corrected chi connectivity index (χ2v) is 5.83. The van der Waals surface area contributed by atoms with Crippen molar-refractivity contribution in [1.29, 1.82) is 0 Å². The van der Waals surface area contributed by atoms with Crippen LogP contribution in [0.4, 0.5) is 0 Å². The maximum Gasteiger partial charge on any atom is 0.162 e. The number of amidine groups is 1. The molecule has 0 aromatic rings. The van der Waals surface area contributed by atoms with Crippen LogP contribution in [0.3, 0.4) is 0 Å². The molecule has 0 spiro atoms. The van der Waals surface area contributed by atoms with Gasteiger partial charge in [0.25, 0.3) is 0 Å². The summed E-state index contributed by atoms with van der Waals surface area (Å²) in [7, 11) is 0. The summed E-state index contributed by atoms with van der Waals surface area (Å²) < 4.78 is 0. The molecule has 0 bridgehead atoms. The summed E-state index contributed by atoms with van der Waals surface area (Å²) in [5.74, 6) is 0. The van der Waals surface area contributed by atoms with Crippen LogP contribution in [-0.4, -0.2) is 46.1 Å². The molecule has 1 heterocycles. The van der Waals surface area contributed by atoms with E-state index in [-0.39, 0.29) is 18.8 Å². The maximum atomic E-state index is 10.3. The van der Waals surface area contributed by atoms with Gasteiger partial charge in [0.15, 0.2) is 5.17 Å². The molecule has 1 aliphatic heterocycles. The summed E-state index contributed by atoms with van der Waals surface area (Å²) in [6, 6.07) is 0.0300. The Hall–Kier alpha value is -0.560. The third-order valence-corrected chi connectivity index (χ3v) is 4.25. The van der Waals surface area contributed by atoms with Crippen molar-refractivity contribution in [1.82, 2.24) is 10.6 Å². The lowest BCUT2D eigenvalue weighted by Gasteiger charge is -2.31. The number of nitrogens with one attached hydrogen (secondary N) is 2. The number of rotatable bonds is 3. The van der Waals surface area contributed by atoms with E-state index in [1.54, 1.807) is 6.20 Å². The van der Waals surface area contributed by atoms with Gasteiger partial charge in [0, 0.05) is 17.8 Å². The van der Waals surface area contributed by atoms with Crippen LogP contribution in [0, 0.1) is 0 Å². The number of thioether (sulfide) groups is 1. The minimum Gasteiger partial charge on any atom is -0.392 e. The van der Waals surface area contributed by atoms with E-state index in [0.717, 1.165) is 30.0 Å². The Morgan fingerprint density at radius 1 is 1.67 bits per heavy atom. The number of aliphatic hydroxyl groups is 2. The zero-order chi connectivity index (χ0) is 13.2. The lowest BCUT2D eigenvalue weighted by Crippen LogP contribution is -2.50. The van der Waals surface area contributed by atoms with Gasteiger partial charge in [-0.05, 0) is 32.4 Å². The molecule has 3 atom stereocenters. The number of aliphatic hydroxyl groups excluding tert-OH is 1. The molecule has 0 amide bonds. The first-order valence-electron chi connectivity index (χ1n) is 6.23. The predicted molar refractivity (Wildman–Crippen MR) is 74.4 cm³/mol. The fourth-order valence-corrected chi connectivity index (χ4v) is 2.85. The monoisotopic (exact) mass is 271 g/mol. The Morgan fingerprint density at radius 2 is 2.44 bits per heavy atom. The predicted octanol–water partition coefficient (Wildman–Crippen LogP) is 0.404. The maximum absolute atomic E-state index is 10.3. The van der Waals surface area contributed by atoms with E-state index < -0.39 is 5.60 Å². The molecule has 102 valence electrons. The second kappa shape index (κ2) is 5.61. The minimum atomic E-state index is -0.680. The van der Waals surface area contributed by atoms with Gasteiger partial charge in [-0.1, -0.05) is 11.8 Å². The number of aliphatic imine (C=N–C) groups is 1. The van der Waals surface area contributed by atoms with Crippen LogP contribution in [0.2, 0.25) is 0 Å². The van der Waals surface area contributed by atoms with E-state index in [0.29, 0.717) is 0 Å². The van der Waals surface area contributed by atoms with E-state index in [1.165, 1.54) is 11.8 Å². The summed E-state index contributed by atoms with van der Waals surface area (Å²) in [6.45, 7) is 1.82. The molecule has 1 saturated carbocycles. The molecule has 2 rings (SSSR count). The molecule has 0 radical (unpaired) electrons. The molecule has 6 heteroatoms. The highest BCUT2D eigenvalue weighted by Gasteiger charge is 2.38. The first-order chi connectivity index (χ1) is 8.56. The SMILES string of the molecule is CSC1=NC(N[C@@H]2CCC[C@@]2(C)O)C(CO)=CN1. The number of hydrogen-bond acceptors (Lipinski definition) is 6. The van der Waals surface area contributed by atoms with Gasteiger partial charge in [0.2, 0.25) is 0 Å². The largest absolute Gasteiger partial charge is 0.392 e. The first-order valence-corrected chi connectivity index (χ1v) is 7.46. The molecule has 1 unspecified atom stereocenters. The van der Waals surface area contributed by atoms with Gasteiger partial charge in [0.1, 0.15) is 6.17 Å². The van der Waals surface area contributed by atoms with Crippen molar-refractivity contribution in [2.45, 2.75) is 44.0 Å². The molecule has 2 aliphatic rings. The van der Waals surface area contributed by atoms with E-state index in [2.05, 4.69) is 15.6 Å². The standard InChI is InChI=1S/C12H21N3O2S/c1-12(17)5-3-4-9(12)14-10-8(7-16)6-13-11(15-10)18-2/h6,9-10,14,16-17H,3-5,7H2,1-2H3,(H,13,15)/t9-,10?,12-/m1/s1. The Morgan fingerprint density at radius 3 is 3.00 bits per heavy atom. The van der Waals surface area contributed by atoms with Crippen LogP contribution in [0.1, 0.15) is 26.2 Å². The van der Waals surface area contributed by atoms with Crippen LogP contribution in [-0.2, 0) is 0 Å². The molecule has 0 aromatic heterocycles. The molecule has 0 saturated heterocycles. The Bertz CT molecular complexity index is 368. The third kappa shape index (κ3) is 2.88. The van der Waals surface area contributed by atoms with Crippen molar-refractivity contribution in [2.24, 2.45) is 4.99 Å². The van der Waals surface area contributed by atoms with E-state index >= 15 is 0 Å².